The summed E-state index contributed by atoms with van der Waals surface area (Å²) in [5.74, 6) is 3.78. The molecule has 5 aromatic carbocycles. The number of benzene rings is 5. The number of fused-ring (bicyclic) bond motifs is 2. The number of imide groups is 2. The zero-order valence-electron chi connectivity index (χ0n) is 41.3. The molecule has 74 heavy (non-hydrogen) atoms. The second-order valence-electron chi connectivity index (χ2n) is 18.7. The highest BCUT2D eigenvalue weighted by Gasteiger charge is 2.36. The number of rotatable bonds is 24. The van der Waals surface area contributed by atoms with E-state index in [9.17, 15) is 39.3 Å². The molecule has 0 saturated carbocycles. The Labute approximate surface area is 431 Å². The van der Waals surface area contributed by atoms with Crippen molar-refractivity contribution in [1.82, 2.24) is 19.3 Å². The minimum Gasteiger partial charge on any atom is -0.478 e. The minimum absolute atomic E-state index is 0.128. The number of carbonyl (C=O) groups is 6. The van der Waals surface area contributed by atoms with Crippen molar-refractivity contribution < 1.29 is 44.1 Å². The molecule has 13 nitrogen and oxygen atoms in total. The number of aromatic nitrogens is 1. The lowest BCUT2D eigenvalue weighted by Crippen LogP contribution is -2.34. The SMILES string of the molecule is O=C(O)C=Cc1cc(C(=O)N(CCCCCCCN2C(=O)c3ccccc3C2=O)CCCCCCCN2C(=O)c3ccccc3C2=O)n(Cc2cccc(CO)c2)c1C#CC(O)(c1ccccc1)c1ccccc1. The van der Waals surface area contributed by atoms with Crippen LogP contribution >= 0.6 is 0 Å². The molecule has 6 aromatic rings. The van der Waals surface area contributed by atoms with Crippen LogP contribution in [-0.4, -0.2) is 96.3 Å². The third kappa shape index (κ3) is 12.0. The van der Waals surface area contributed by atoms with E-state index in [1.807, 2.05) is 59.5 Å². The largest absolute Gasteiger partial charge is 0.478 e. The van der Waals surface area contributed by atoms with E-state index in [1.54, 1.807) is 89.5 Å². The van der Waals surface area contributed by atoms with Crippen molar-refractivity contribution in [2.75, 3.05) is 26.2 Å². The molecule has 13 heteroatoms. The monoisotopic (exact) mass is 992 g/mol. The van der Waals surface area contributed by atoms with Crippen molar-refractivity contribution in [2.45, 2.75) is 83.0 Å². The van der Waals surface area contributed by atoms with Gasteiger partial charge in [0.2, 0.25) is 0 Å². The summed E-state index contributed by atoms with van der Waals surface area (Å²) in [5.41, 5.74) is 3.31. The Morgan fingerprint density at radius 1 is 0.554 bits per heavy atom. The summed E-state index contributed by atoms with van der Waals surface area (Å²) in [7, 11) is 0. The van der Waals surface area contributed by atoms with E-state index in [0.717, 1.165) is 50.2 Å². The summed E-state index contributed by atoms with van der Waals surface area (Å²) in [6.45, 7) is 1.39. The van der Waals surface area contributed by atoms with Gasteiger partial charge < -0.3 is 24.8 Å². The van der Waals surface area contributed by atoms with E-state index >= 15 is 4.79 Å². The Morgan fingerprint density at radius 2 is 1.00 bits per heavy atom. The van der Waals surface area contributed by atoms with Gasteiger partial charge in [0.05, 0.1) is 28.9 Å². The summed E-state index contributed by atoms with van der Waals surface area (Å²) in [6.07, 6.45) is 9.74. The number of aliphatic carboxylic acids is 1. The van der Waals surface area contributed by atoms with Gasteiger partial charge >= 0.3 is 5.97 Å². The molecular formula is C61H60N4O9. The quantitative estimate of drug-likeness (QED) is 0.0231. The number of amides is 5. The van der Waals surface area contributed by atoms with Gasteiger partial charge in [-0.05, 0) is 79.1 Å². The number of nitrogens with zero attached hydrogens (tertiary/aromatic N) is 4. The Morgan fingerprint density at radius 3 is 1.47 bits per heavy atom. The Hall–Kier alpha value is -8.18. The van der Waals surface area contributed by atoms with Crippen molar-refractivity contribution >= 4 is 41.6 Å². The van der Waals surface area contributed by atoms with Crippen LogP contribution in [0.1, 0.15) is 150 Å². The molecule has 0 bridgehead atoms. The van der Waals surface area contributed by atoms with Gasteiger partial charge in [0, 0.05) is 55.5 Å². The van der Waals surface area contributed by atoms with Gasteiger partial charge in [-0.3, -0.25) is 33.8 Å². The van der Waals surface area contributed by atoms with E-state index in [2.05, 4.69) is 11.8 Å². The molecule has 3 heterocycles. The fraction of sp³-hybridized carbons (Fsp3) is 0.279. The van der Waals surface area contributed by atoms with E-state index in [0.29, 0.717) is 102 Å². The zero-order chi connectivity index (χ0) is 52.0. The number of aliphatic hydroxyl groups excluding tert-OH is 1. The number of carbonyl (C=O) groups excluding carboxylic acids is 5. The van der Waals surface area contributed by atoms with Crippen molar-refractivity contribution in [2.24, 2.45) is 0 Å². The minimum atomic E-state index is -1.80. The molecule has 8 rings (SSSR count). The maximum atomic E-state index is 15.3. The summed E-state index contributed by atoms with van der Waals surface area (Å²) in [6, 6.07) is 40.7. The molecule has 0 atom stereocenters. The van der Waals surface area contributed by atoms with E-state index in [-0.39, 0.29) is 48.4 Å². The number of aliphatic hydroxyl groups is 2. The first-order valence-corrected chi connectivity index (χ1v) is 25.4. The summed E-state index contributed by atoms with van der Waals surface area (Å²) < 4.78 is 1.76. The van der Waals surface area contributed by atoms with Gasteiger partial charge in [0.1, 0.15) is 11.4 Å². The predicted molar refractivity (Wildman–Crippen MR) is 281 cm³/mol. The van der Waals surface area contributed by atoms with Gasteiger partial charge in [0.25, 0.3) is 29.5 Å². The van der Waals surface area contributed by atoms with E-state index < -0.39 is 11.6 Å². The number of carboxylic acids is 1. The van der Waals surface area contributed by atoms with Crippen LogP contribution < -0.4 is 0 Å². The van der Waals surface area contributed by atoms with Crippen LogP contribution in [0.3, 0.4) is 0 Å². The first-order chi connectivity index (χ1) is 36.0. The number of hydrogen-bond acceptors (Lipinski definition) is 8. The van der Waals surface area contributed by atoms with Crippen LogP contribution in [0.15, 0.2) is 146 Å². The average Bonchev–Trinajstić information content (AvgIpc) is 3.99. The molecule has 378 valence electrons. The van der Waals surface area contributed by atoms with E-state index in [4.69, 9.17) is 0 Å². The highest BCUT2D eigenvalue weighted by Crippen LogP contribution is 2.31. The van der Waals surface area contributed by atoms with Gasteiger partial charge in [0.15, 0.2) is 5.60 Å². The highest BCUT2D eigenvalue weighted by atomic mass is 16.4. The highest BCUT2D eigenvalue weighted by molar-refractivity contribution is 6.22. The van der Waals surface area contributed by atoms with Crippen molar-refractivity contribution in [3.63, 3.8) is 0 Å². The Balaban J connectivity index is 1.03. The van der Waals surface area contributed by atoms with E-state index in [1.165, 1.54) is 15.9 Å². The number of carboxylic acid groups (broad SMARTS) is 1. The van der Waals surface area contributed by atoms with Crippen LogP contribution in [0.25, 0.3) is 6.08 Å². The second kappa shape index (κ2) is 24.5. The van der Waals surface area contributed by atoms with Gasteiger partial charge in [-0.25, -0.2) is 4.79 Å². The topological polar surface area (TPSA) is 178 Å². The van der Waals surface area contributed by atoms with Crippen LogP contribution in [-0.2, 0) is 23.5 Å². The Bertz CT molecular complexity index is 2910. The molecule has 0 aliphatic carbocycles. The van der Waals surface area contributed by atoms with Crippen molar-refractivity contribution in [3.05, 3.63) is 207 Å². The summed E-state index contributed by atoms with van der Waals surface area (Å²) in [4.78, 5) is 83.5. The Kier molecular flexibility index (Phi) is 17.3. The van der Waals surface area contributed by atoms with Crippen LogP contribution in [0.5, 0.6) is 0 Å². The molecular weight excluding hydrogens is 933 g/mol. The molecule has 0 saturated heterocycles. The molecule has 0 spiro atoms. The third-order valence-electron chi connectivity index (χ3n) is 13.7. The lowest BCUT2D eigenvalue weighted by Gasteiger charge is -2.24. The number of unbranched alkanes of at least 4 members (excludes halogenated alkanes) is 8. The van der Waals surface area contributed by atoms with Crippen LogP contribution in [0.4, 0.5) is 0 Å². The summed E-state index contributed by atoms with van der Waals surface area (Å²) in [5, 5.41) is 32.4. The first-order valence-electron chi connectivity index (χ1n) is 25.4. The molecule has 0 radical (unpaired) electrons. The van der Waals surface area contributed by atoms with Crippen molar-refractivity contribution in [1.29, 1.82) is 0 Å². The predicted octanol–water partition coefficient (Wildman–Crippen LogP) is 9.35. The van der Waals surface area contributed by atoms with Crippen LogP contribution in [0, 0.1) is 11.8 Å². The fourth-order valence-corrected chi connectivity index (χ4v) is 9.73. The van der Waals surface area contributed by atoms with Crippen LogP contribution in [0.2, 0.25) is 0 Å². The summed E-state index contributed by atoms with van der Waals surface area (Å²) >= 11 is 0. The van der Waals surface area contributed by atoms with Gasteiger partial charge in [-0.2, -0.15) is 0 Å². The smallest absolute Gasteiger partial charge is 0.328 e. The second-order valence-corrected chi connectivity index (χ2v) is 18.7. The molecule has 2 aliphatic rings. The first kappa shape index (κ1) is 52.2. The standard InChI is InChI=1S/C61H60N4O9/c66-43-45-23-21-22-44(40-45)42-65-53(34-35-61(74,47-24-9-7-10-25-47)48-26-11-8-12-27-48)46(32-33-55(67)68)41-54(65)60(73)62(36-17-3-1-5-19-38-63-56(69)49-28-13-14-29-50(49)57(63)70)37-18-4-2-6-20-39-64-58(71)51-30-15-16-31-52(51)59(64)72/h7-16,21-33,40-41,66,74H,1-6,17-20,36-39,42-43H2,(H,67,68). The zero-order valence-corrected chi connectivity index (χ0v) is 41.3. The maximum absolute atomic E-state index is 15.3. The lowest BCUT2D eigenvalue weighted by molar-refractivity contribution is -0.131. The molecule has 2 aliphatic heterocycles. The molecule has 3 N–H and O–H groups in total. The normalized spacial score (nSPS) is 13.1. The molecule has 0 fully saturated rings. The maximum Gasteiger partial charge on any atom is 0.328 e. The van der Waals surface area contributed by atoms with Gasteiger partial charge in [-0.1, -0.05) is 154 Å². The van der Waals surface area contributed by atoms with Crippen molar-refractivity contribution in [3.8, 4) is 11.8 Å². The number of hydrogen-bond donors (Lipinski definition) is 3. The fourth-order valence-electron chi connectivity index (χ4n) is 9.73. The molecule has 1 aromatic heterocycles. The molecule has 5 amide bonds. The van der Waals surface area contributed by atoms with Gasteiger partial charge in [-0.15, -0.1) is 0 Å². The average molecular weight is 993 g/mol. The lowest BCUT2D eigenvalue weighted by atomic mass is 9.87. The third-order valence-corrected chi connectivity index (χ3v) is 13.7. The molecule has 0 unspecified atom stereocenters.